The minimum Gasteiger partial charge on any atom is -0.494 e. The predicted molar refractivity (Wildman–Crippen MR) is 80.4 cm³/mol. The maximum atomic E-state index is 11.7. The van der Waals surface area contributed by atoms with E-state index in [1.165, 1.54) is 0 Å². The van der Waals surface area contributed by atoms with E-state index < -0.39 is 0 Å². The molecule has 0 atom stereocenters. The molecule has 0 aliphatic heterocycles. The Morgan fingerprint density at radius 2 is 1.76 bits per heavy atom. The fourth-order valence-corrected chi connectivity index (χ4v) is 1.58. The first-order valence-corrected chi connectivity index (χ1v) is 7.02. The number of carbonyl (C=O) groups is 2. The van der Waals surface area contributed by atoms with E-state index in [1.807, 2.05) is 13.8 Å². The Labute approximate surface area is 124 Å². The van der Waals surface area contributed by atoms with Gasteiger partial charge in [-0.3, -0.25) is 9.59 Å². The van der Waals surface area contributed by atoms with Gasteiger partial charge in [0.25, 0.3) is 0 Å². The molecule has 0 aliphatic carbocycles. The third-order valence-corrected chi connectivity index (χ3v) is 2.57. The summed E-state index contributed by atoms with van der Waals surface area (Å²) in [7, 11) is 0. The highest BCUT2D eigenvalue weighted by molar-refractivity contribution is 5.94. The second-order valence-corrected chi connectivity index (χ2v) is 4.23. The highest BCUT2D eigenvalue weighted by Crippen LogP contribution is 2.15. The Morgan fingerprint density at radius 1 is 1.05 bits per heavy atom. The van der Waals surface area contributed by atoms with Crippen LogP contribution in [0, 0.1) is 0 Å². The van der Waals surface area contributed by atoms with Crippen molar-refractivity contribution in [3.05, 3.63) is 24.3 Å². The van der Waals surface area contributed by atoms with Crippen LogP contribution in [0.3, 0.4) is 0 Å². The predicted octanol–water partition coefficient (Wildman–Crippen LogP) is 1.57. The molecule has 0 saturated heterocycles. The first-order chi connectivity index (χ1) is 10.2. The number of ether oxygens (including phenoxy) is 2. The van der Waals surface area contributed by atoms with Crippen molar-refractivity contribution in [3.63, 3.8) is 0 Å². The number of benzene rings is 1. The zero-order chi connectivity index (χ0) is 15.5. The van der Waals surface area contributed by atoms with Crippen LogP contribution in [0.5, 0.6) is 5.75 Å². The van der Waals surface area contributed by atoms with Crippen LogP contribution < -0.4 is 15.4 Å². The average molecular weight is 294 g/mol. The lowest BCUT2D eigenvalue weighted by atomic mass is 10.3. The maximum absolute atomic E-state index is 11.7. The zero-order valence-electron chi connectivity index (χ0n) is 12.5. The second-order valence-electron chi connectivity index (χ2n) is 4.23. The van der Waals surface area contributed by atoms with Gasteiger partial charge in [0.05, 0.1) is 19.8 Å². The highest BCUT2D eigenvalue weighted by atomic mass is 16.5. The van der Waals surface area contributed by atoms with Crippen molar-refractivity contribution >= 4 is 17.5 Å². The van der Waals surface area contributed by atoms with Crippen molar-refractivity contribution in [1.29, 1.82) is 0 Å². The smallest absolute Gasteiger partial charge is 0.243 e. The van der Waals surface area contributed by atoms with Crippen LogP contribution in [0.25, 0.3) is 0 Å². The minimum absolute atomic E-state index is 0.0574. The normalized spacial score (nSPS) is 10.0. The van der Waals surface area contributed by atoms with Crippen LogP contribution in [-0.4, -0.2) is 38.2 Å². The highest BCUT2D eigenvalue weighted by Gasteiger charge is 2.06. The molecule has 0 bridgehead atoms. The number of amides is 2. The van der Waals surface area contributed by atoms with Gasteiger partial charge in [-0.15, -0.1) is 0 Å². The Balaban J connectivity index is 2.28. The molecule has 116 valence electrons. The van der Waals surface area contributed by atoms with E-state index in [1.54, 1.807) is 24.3 Å². The summed E-state index contributed by atoms with van der Waals surface area (Å²) in [5, 5.41) is 5.23. The number of hydrogen-bond acceptors (Lipinski definition) is 4. The summed E-state index contributed by atoms with van der Waals surface area (Å²) in [5.41, 5.74) is 0.659. The van der Waals surface area contributed by atoms with Gasteiger partial charge in [-0.05, 0) is 38.1 Å². The topological polar surface area (TPSA) is 76.7 Å². The van der Waals surface area contributed by atoms with Gasteiger partial charge in [0, 0.05) is 18.7 Å². The van der Waals surface area contributed by atoms with Crippen LogP contribution in [0.2, 0.25) is 0 Å². The summed E-state index contributed by atoms with van der Waals surface area (Å²) < 4.78 is 10.4. The van der Waals surface area contributed by atoms with Gasteiger partial charge in [-0.25, -0.2) is 0 Å². The Hall–Kier alpha value is -2.08. The summed E-state index contributed by atoms with van der Waals surface area (Å²) in [4.78, 5) is 23.1. The van der Waals surface area contributed by atoms with Gasteiger partial charge in [-0.2, -0.15) is 0 Å². The van der Waals surface area contributed by atoms with Crippen LogP contribution >= 0.6 is 0 Å². The largest absolute Gasteiger partial charge is 0.494 e. The van der Waals surface area contributed by atoms with E-state index in [0.29, 0.717) is 25.5 Å². The lowest BCUT2D eigenvalue weighted by Crippen LogP contribution is -2.33. The molecule has 0 saturated carbocycles. The second kappa shape index (κ2) is 9.77. The fourth-order valence-electron chi connectivity index (χ4n) is 1.58. The van der Waals surface area contributed by atoms with E-state index >= 15 is 0 Å². The summed E-state index contributed by atoms with van der Waals surface area (Å²) in [5.74, 6) is 0.272. The Morgan fingerprint density at radius 3 is 2.38 bits per heavy atom. The third kappa shape index (κ3) is 7.31. The molecule has 0 fully saturated rings. The van der Waals surface area contributed by atoms with E-state index in [4.69, 9.17) is 9.47 Å². The molecule has 0 heterocycles. The molecule has 1 aromatic rings. The fraction of sp³-hybridized carbons (Fsp3) is 0.467. The molecule has 21 heavy (non-hydrogen) atoms. The lowest BCUT2D eigenvalue weighted by Gasteiger charge is -2.08. The molecule has 2 N–H and O–H groups in total. The van der Waals surface area contributed by atoms with Gasteiger partial charge in [0.1, 0.15) is 5.75 Å². The SMILES string of the molecule is CCOCCC(=O)NCC(=O)Nc1ccc(OCC)cc1. The van der Waals surface area contributed by atoms with Crippen LogP contribution in [0.1, 0.15) is 20.3 Å². The van der Waals surface area contributed by atoms with Crippen molar-refractivity contribution in [2.45, 2.75) is 20.3 Å². The molecule has 0 aliphatic rings. The molecule has 6 heteroatoms. The molecule has 0 unspecified atom stereocenters. The van der Waals surface area contributed by atoms with Gasteiger partial charge >= 0.3 is 0 Å². The van der Waals surface area contributed by atoms with Gasteiger partial charge in [0.15, 0.2) is 0 Å². The minimum atomic E-state index is -0.274. The number of anilines is 1. The first kappa shape index (κ1) is 17.0. The van der Waals surface area contributed by atoms with E-state index in [-0.39, 0.29) is 24.8 Å². The summed E-state index contributed by atoms with van der Waals surface area (Å²) in [6.07, 6.45) is 0.254. The summed E-state index contributed by atoms with van der Waals surface area (Å²) >= 11 is 0. The van der Waals surface area contributed by atoms with Gasteiger partial charge < -0.3 is 20.1 Å². The number of carbonyl (C=O) groups excluding carboxylic acids is 2. The third-order valence-electron chi connectivity index (χ3n) is 2.57. The van der Waals surface area contributed by atoms with Crippen LogP contribution in [0.4, 0.5) is 5.69 Å². The summed E-state index contributed by atoms with van der Waals surface area (Å²) in [6.45, 7) is 5.25. The molecule has 6 nitrogen and oxygen atoms in total. The maximum Gasteiger partial charge on any atom is 0.243 e. The zero-order valence-corrected chi connectivity index (χ0v) is 12.5. The summed E-state index contributed by atoms with van der Waals surface area (Å²) in [6, 6.07) is 7.05. The van der Waals surface area contributed by atoms with E-state index in [9.17, 15) is 9.59 Å². The molecule has 1 rings (SSSR count). The van der Waals surface area contributed by atoms with Crippen molar-refractivity contribution < 1.29 is 19.1 Å². The van der Waals surface area contributed by atoms with Crippen molar-refractivity contribution in [2.24, 2.45) is 0 Å². The van der Waals surface area contributed by atoms with Crippen molar-refractivity contribution in [3.8, 4) is 5.75 Å². The Kier molecular flexibility index (Phi) is 7.89. The number of nitrogens with one attached hydrogen (secondary N) is 2. The van der Waals surface area contributed by atoms with Crippen molar-refractivity contribution in [1.82, 2.24) is 5.32 Å². The quantitative estimate of drug-likeness (QED) is 0.678. The van der Waals surface area contributed by atoms with Crippen LogP contribution in [-0.2, 0) is 14.3 Å². The Bertz CT molecular complexity index is 445. The monoisotopic (exact) mass is 294 g/mol. The standard InChI is InChI=1S/C15H22N2O4/c1-3-20-10-9-14(18)16-11-15(19)17-12-5-7-13(8-6-12)21-4-2/h5-8H,3-4,9-11H2,1-2H3,(H,16,18)(H,17,19). The van der Waals surface area contributed by atoms with Gasteiger partial charge in [-0.1, -0.05) is 0 Å². The lowest BCUT2D eigenvalue weighted by molar-refractivity contribution is -0.125. The molecule has 0 radical (unpaired) electrons. The average Bonchev–Trinajstić information content (AvgIpc) is 2.48. The number of rotatable bonds is 9. The first-order valence-electron chi connectivity index (χ1n) is 7.02. The van der Waals surface area contributed by atoms with Crippen molar-refractivity contribution in [2.75, 3.05) is 31.7 Å². The van der Waals surface area contributed by atoms with E-state index in [2.05, 4.69) is 10.6 Å². The molecule has 0 aromatic heterocycles. The number of hydrogen-bond donors (Lipinski definition) is 2. The molecule has 2 amide bonds. The molecule has 1 aromatic carbocycles. The van der Waals surface area contributed by atoms with E-state index in [0.717, 1.165) is 5.75 Å². The molecular weight excluding hydrogens is 272 g/mol. The molecule has 0 spiro atoms. The molecular formula is C15H22N2O4. The van der Waals surface area contributed by atoms with Crippen LogP contribution in [0.15, 0.2) is 24.3 Å². The van der Waals surface area contributed by atoms with Gasteiger partial charge in [0.2, 0.25) is 11.8 Å².